The van der Waals surface area contributed by atoms with Gasteiger partial charge in [-0.3, -0.25) is 0 Å². The third kappa shape index (κ3) is 7.43. The molecule has 0 aliphatic heterocycles. The molecule has 0 saturated carbocycles. The molecule has 0 radical (unpaired) electrons. The normalized spacial score (nSPS) is 9.45. The number of rotatable bonds is 4. The third-order valence-corrected chi connectivity index (χ3v) is 1.35. The summed E-state index contributed by atoms with van der Waals surface area (Å²) in [5.41, 5.74) is 0. The van der Waals surface area contributed by atoms with Crippen LogP contribution < -0.4 is 0 Å². The van der Waals surface area contributed by atoms with Crippen LogP contribution in [0.1, 0.15) is 0 Å². The van der Waals surface area contributed by atoms with Crippen molar-refractivity contribution < 1.29 is 9.53 Å². The Morgan fingerprint density at radius 1 is 1.82 bits per heavy atom. The van der Waals surface area contributed by atoms with Crippen molar-refractivity contribution >= 4 is 33.7 Å². The molecule has 60 valence electrons. The summed E-state index contributed by atoms with van der Waals surface area (Å²) in [6, 6.07) is 0. The van der Waals surface area contributed by atoms with Crippen LogP contribution in [0.4, 0.5) is 0 Å². The highest BCUT2D eigenvalue weighted by Crippen LogP contribution is 1.97. The number of hydrogen-bond acceptors (Lipinski definition) is 4. The minimum Gasteiger partial charge on any atom is -0.462 e. The molecule has 0 aromatic carbocycles. The maximum absolute atomic E-state index is 10.6. The van der Waals surface area contributed by atoms with Crippen molar-refractivity contribution in [1.82, 2.24) is 0 Å². The number of alkyl halides is 1. The molecule has 0 atom stereocenters. The van der Waals surface area contributed by atoms with Gasteiger partial charge in [0, 0.05) is 11.4 Å². The van der Waals surface area contributed by atoms with Crippen LogP contribution in [0.3, 0.4) is 0 Å². The van der Waals surface area contributed by atoms with Crippen LogP contribution in [0.25, 0.3) is 0 Å². The van der Waals surface area contributed by atoms with E-state index >= 15 is 0 Å². The van der Waals surface area contributed by atoms with E-state index in [2.05, 4.69) is 20.7 Å². The van der Waals surface area contributed by atoms with Crippen molar-refractivity contribution in [3.05, 3.63) is 11.5 Å². The summed E-state index contributed by atoms with van der Waals surface area (Å²) in [7, 11) is 0. The summed E-state index contributed by atoms with van der Waals surface area (Å²) in [6.07, 6.45) is 1.22. The molecule has 0 aromatic rings. The Morgan fingerprint density at radius 2 is 2.55 bits per heavy atom. The minimum absolute atomic E-state index is 0.348. The predicted molar refractivity (Wildman–Crippen MR) is 47.1 cm³/mol. The molecule has 11 heavy (non-hydrogen) atoms. The van der Waals surface area contributed by atoms with E-state index in [4.69, 9.17) is 5.26 Å². The van der Waals surface area contributed by atoms with Crippen LogP contribution in [0.2, 0.25) is 0 Å². The number of thiocyanates is 1. The maximum Gasteiger partial charge on any atom is 0.331 e. The van der Waals surface area contributed by atoms with E-state index in [9.17, 15) is 4.79 Å². The zero-order valence-corrected chi connectivity index (χ0v) is 8.02. The standard InChI is InChI=1S/C6H6BrNO2S/c7-2-3-10-6(9)1-4-11-5-8/h1,4H,2-3H2/b4-1-. The fourth-order valence-corrected chi connectivity index (χ4v) is 0.709. The fourth-order valence-electron chi connectivity index (χ4n) is 0.307. The largest absolute Gasteiger partial charge is 0.462 e. The molecule has 3 nitrogen and oxygen atoms in total. The quantitative estimate of drug-likeness (QED) is 0.322. The molecule has 0 N–H and O–H groups in total. The molecule has 0 aliphatic rings. The molecule has 0 amide bonds. The zero-order valence-electron chi connectivity index (χ0n) is 5.62. The molecule has 0 heterocycles. The van der Waals surface area contributed by atoms with Gasteiger partial charge in [0.2, 0.25) is 0 Å². The second kappa shape index (κ2) is 7.63. The van der Waals surface area contributed by atoms with E-state index in [0.717, 1.165) is 11.8 Å². The average molecular weight is 236 g/mol. The minimum atomic E-state index is -0.424. The lowest BCUT2D eigenvalue weighted by molar-refractivity contribution is -0.137. The van der Waals surface area contributed by atoms with E-state index < -0.39 is 5.97 Å². The van der Waals surface area contributed by atoms with Crippen molar-refractivity contribution in [2.24, 2.45) is 0 Å². The monoisotopic (exact) mass is 235 g/mol. The molecule has 0 aliphatic carbocycles. The summed E-state index contributed by atoms with van der Waals surface area (Å²) in [5, 5.41) is 11.9. The fraction of sp³-hybridized carbons (Fsp3) is 0.333. The summed E-state index contributed by atoms with van der Waals surface area (Å²) in [4.78, 5) is 10.6. The summed E-state index contributed by atoms with van der Waals surface area (Å²) < 4.78 is 4.64. The number of esters is 1. The number of ether oxygens (including phenoxy) is 1. The van der Waals surface area contributed by atoms with Crippen LogP contribution in [0.15, 0.2) is 11.5 Å². The first-order valence-corrected chi connectivity index (χ1v) is 4.75. The van der Waals surface area contributed by atoms with E-state index in [0.29, 0.717) is 11.9 Å². The Hall–Kier alpha value is -0.470. The highest BCUT2D eigenvalue weighted by atomic mass is 79.9. The van der Waals surface area contributed by atoms with Gasteiger partial charge < -0.3 is 4.74 Å². The molecule has 0 rings (SSSR count). The summed E-state index contributed by atoms with van der Waals surface area (Å²) >= 11 is 3.98. The van der Waals surface area contributed by atoms with E-state index in [1.54, 1.807) is 5.40 Å². The van der Waals surface area contributed by atoms with Gasteiger partial charge in [0.15, 0.2) is 0 Å². The Morgan fingerprint density at radius 3 is 3.09 bits per heavy atom. The molecule has 0 fully saturated rings. The Balaban J connectivity index is 3.45. The number of halogens is 1. The molecule has 0 unspecified atom stereocenters. The smallest absolute Gasteiger partial charge is 0.331 e. The van der Waals surface area contributed by atoms with Crippen molar-refractivity contribution in [1.29, 1.82) is 5.26 Å². The number of carbonyl (C=O) groups excluding carboxylic acids is 1. The van der Waals surface area contributed by atoms with Gasteiger partial charge in [-0.05, 0) is 17.2 Å². The van der Waals surface area contributed by atoms with Crippen LogP contribution in [-0.4, -0.2) is 17.9 Å². The first-order valence-electron chi connectivity index (χ1n) is 2.75. The van der Waals surface area contributed by atoms with Gasteiger partial charge in [0.1, 0.15) is 12.0 Å². The van der Waals surface area contributed by atoms with Gasteiger partial charge in [-0.2, -0.15) is 5.26 Å². The highest BCUT2D eigenvalue weighted by molar-refractivity contribution is 9.09. The first-order chi connectivity index (χ1) is 5.31. The topological polar surface area (TPSA) is 50.1 Å². The number of nitrogens with zero attached hydrogens (tertiary/aromatic N) is 1. The third-order valence-electron chi connectivity index (χ3n) is 0.646. The van der Waals surface area contributed by atoms with Crippen LogP contribution in [0, 0.1) is 10.7 Å². The lowest BCUT2D eigenvalue weighted by atomic mass is 10.6. The number of nitriles is 1. The summed E-state index contributed by atoms with van der Waals surface area (Å²) in [5.74, 6) is -0.424. The molecule has 0 aromatic heterocycles. The van der Waals surface area contributed by atoms with Gasteiger partial charge in [-0.1, -0.05) is 15.9 Å². The molecule has 0 bridgehead atoms. The van der Waals surface area contributed by atoms with Gasteiger partial charge in [-0.15, -0.1) is 0 Å². The molecule has 0 spiro atoms. The highest BCUT2D eigenvalue weighted by Gasteiger charge is 1.93. The first kappa shape index (κ1) is 10.5. The molecular weight excluding hydrogens is 230 g/mol. The van der Waals surface area contributed by atoms with E-state index in [1.807, 2.05) is 0 Å². The predicted octanol–water partition coefficient (Wildman–Crippen LogP) is 1.65. The number of hydrogen-bond donors (Lipinski definition) is 0. The Kier molecular flexibility index (Phi) is 7.31. The molecular formula is C6H6BrNO2S. The van der Waals surface area contributed by atoms with Crippen LogP contribution in [-0.2, 0) is 9.53 Å². The van der Waals surface area contributed by atoms with Gasteiger partial charge >= 0.3 is 5.97 Å². The second-order valence-corrected chi connectivity index (χ2v) is 2.85. The van der Waals surface area contributed by atoms with Crippen LogP contribution in [0.5, 0.6) is 0 Å². The average Bonchev–Trinajstić information content (AvgIpc) is 2.01. The van der Waals surface area contributed by atoms with E-state index in [1.165, 1.54) is 11.5 Å². The zero-order chi connectivity index (χ0) is 8.53. The van der Waals surface area contributed by atoms with Crippen LogP contribution >= 0.6 is 27.7 Å². The molecule has 5 heteroatoms. The Labute approximate surface area is 77.5 Å². The van der Waals surface area contributed by atoms with Crippen molar-refractivity contribution in [2.75, 3.05) is 11.9 Å². The van der Waals surface area contributed by atoms with E-state index in [-0.39, 0.29) is 0 Å². The second-order valence-electron chi connectivity index (χ2n) is 1.37. The van der Waals surface area contributed by atoms with Gasteiger partial charge in [-0.25, -0.2) is 4.79 Å². The van der Waals surface area contributed by atoms with Crippen molar-refractivity contribution in [2.45, 2.75) is 0 Å². The summed E-state index contributed by atoms with van der Waals surface area (Å²) in [6.45, 7) is 0.348. The molecule has 0 saturated heterocycles. The lowest BCUT2D eigenvalue weighted by Crippen LogP contribution is -2.02. The lowest BCUT2D eigenvalue weighted by Gasteiger charge is -1.94. The number of thioether (sulfide) groups is 1. The number of carbonyl (C=O) groups is 1. The van der Waals surface area contributed by atoms with Gasteiger partial charge in [0.05, 0.1) is 0 Å². The van der Waals surface area contributed by atoms with Crippen molar-refractivity contribution in [3.63, 3.8) is 0 Å². The Bertz CT molecular complexity index is 188. The van der Waals surface area contributed by atoms with Gasteiger partial charge in [0.25, 0.3) is 0 Å². The van der Waals surface area contributed by atoms with Crippen molar-refractivity contribution in [3.8, 4) is 5.40 Å². The maximum atomic E-state index is 10.6. The SMILES string of the molecule is N#CS/C=C\C(=O)OCCBr.